The molecule has 1 atom stereocenters. The van der Waals surface area contributed by atoms with Crippen molar-refractivity contribution in [3.63, 3.8) is 0 Å². The number of aromatic nitrogens is 1. The molecule has 104 valence electrons. The Bertz CT molecular complexity index is 431. The molecule has 5 nitrogen and oxygen atoms in total. The van der Waals surface area contributed by atoms with E-state index >= 15 is 0 Å². The van der Waals surface area contributed by atoms with Crippen molar-refractivity contribution in [1.29, 1.82) is 0 Å². The maximum atomic E-state index is 12.0. The Balaban J connectivity index is 1.55. The van der Waals surface area contributed by atoms with Crippen LogP contribution < -0.4 is 10.6 Å². The number of carbonyl (C=O) groups is 1. The van der Waals surface area contributed by atoms with Crippen LogP contribution in [0.2, 0.25) is 0 Å². The molecule has 2 N–H and O–H groups in total. The molecule has 6 heteroatoms. The molecule has 0 radical (unpaired) electrons. The zero-order valence-electron chi connectivity index (χ0n) is 10.9. The lowest BCUT2D eigenvalue weighted by molar-refractivity contribution is -0.119. The minimum Gasteiger partial charge on any atom is -0.378 e. The Hall–Kier alpha value is -0.980. The second-order valence-electron chi connectivity index (χ2n) is 5.06. The van der Waals surface area contributed by atoms with Crippen molar-refractivity contribution >= 4 is 22.4 Å². The predicted molar refractivity (Wildman–Crippen MR) is 74.4 cm³/mol. The fourth-order valence-electron chi connectivity index (χ4n) is 2.52. The van der Waals surface area contributed by atoms with Crippen molar-refractivity contribution in [2.45, 2.75) is 44.8 Å². The molecular weight excluding hydrogens is 262 g/mol. The summed E-state index contributed by atoms with van der Waals surface area (Å²) in [6.07, 6.45) is 4.76. The monoisotopic (exact) mass is 281 g/mol. The quantitative estimate of drug-likeness (QED) is 0.885. The first kappa shape index (κ1) is 13.0. The van der Waals surface area contributed by atoms with Crippen LogP contribution >= 0.6 is 11.3 Å². The lowest BCUT2D eigenvalue weighted by atomic mass is 10.1. The molecule has 19 heavy (non-hydrogen) atoms. The molecule has 0 spiro atoms. The third-order valence-corrected chi connectivity index (χ3v) is 4.55. The van der Waals surface area contributed by atoms with E-state index in [9.17, 15) is 4.79 Å². The molecular formula is C13H19N3O2S. The van der Waals surface area contributed by atoms with Crippen molar-refractivity contribution in [1.82, 2.24) is 10.3 Å². The summed E-state index contributed by atoms with van der Waals surface area (Å²) in [5.41, 5.74) is 1.13. The van der Waals surface area contributed by atoms with E-state index in [4.69, 9.17) is 4.74 Å². The van der Waals surface area contributed by atoms with Crippen LogP contribution in [0.1, 0.15) is 36.3 Å². The van der Waals surface area contributed by atoms with Gasteiger partial charge in [-0.25, -0.2) is 4.98 Å². The topological polar surface area (TPSA) is 63.2 Å². The number of ether oxygens (including phenoxy) is 1. The first-order valence-corrected chi connectivity index (χ1v) is 7.73. The van der Waals surface area contributed by atoms with E-state index in [-0.39, 0.29) is 12.0 Å². The number of hydrogen-bond donors (Lipinski definition) is 2. The van der Waals surface area contributed by atoms with Crippen LogP contribution in [0.4, 0.5) is 5.13 Å². The van der Waals surface area contributed by atoms with Gasteiger partial charge in [0.05, 0.1) is 18.2 Å². The van der Waals surface area contributed by atoms with Crippen LogP contribution in [0.3, 0.4) is 0 Å². The number of carbonyl (C=O) groups excluding carboxylic acids is 1. The number of nitrogens with zero attached hydrogens (tertiary/aromatic N) is 1. The van der Waals surface area contributed by atoms with E-state index < -0.39 is 0 Å². The van der Waals surface area contributed by atoms with Crippen LogP contribution in [0, 0.1) is 0 Å². The normalized spacial score (nSPS) is 22.8. The molecule has 0 aromatic carbocycles. The van der Waals surface area contributed by atoms with Crippen LogP contribution in [0.25, 0.3) is 0 Å². The Labute approximate surface area is 116 Å². The van der Waals surface area contributed by atoms with Gasteiger partial charge in [-0.3, -0.25) is 4.79 Å². The second-order valence-corrected chi connectivity index (χ2v) is 6.14. The highest BCUT2D eigenvalue weighted by atomic mass is 32.1. The molecule has 2 aliphatic rings. The molecule has 0 aliphatic carbocycles. The fraction of sp³-hybridized carbons (Fsp3) is 0.692. The number of hydrogen-bond acceptors (Lipinski definition) is 5. The van der Waals surface area contributed by atoms with Crippen molar-refractivity contribution in [3.05, 3.63) is 10.6 Å². The molecule has 3 heterocycles. The summed E-state index contributed by atoms with van der Waals surface area (Å²) in [4.78, 5) is 17.7. The highest BCUT2D eigenvalue weighted by molar-refractivity contribution is 7.15. The van der Waals surface area contributed by atoms with E-state index in [0.29, 0.717) is 6.42 Å². The number of thiazole rings is 1. The summed E-state index contributed by atoms with van der Waals surface area (Å²) >= 11 is 1.58. The minimum atomic E-state index is 0.0194. The number of fused-ring (bicyclic) bond motifs is 1. The zero-order valence-corrected chi connectivity index (χ0v) is 11.7. The lowest BCUT2D eigenvalue weighted by Crippen LogP contribution is -2.25. The van der Waals surface area contributed by atoms with Gasteiger partial charge in [0.15, 0.2) is 5.13 Å². The molecule has 1 fully saturated rings. The van der Waals surface area contributed by atoms with Crippen molar-refractivity contribution < 1.29 is 9.53 Å². The van der Waals surface area contributed by atoms with Gasteiger partial charge >= 0.3 is 0 Å². The van der Waals surface area contributed by atoms with Gasteiger partial charge in [-0.1, -0.05) is 0 Å². The molecule has 1 amide bonds. The summed E-state index contributed by atoms with van der Waals surface area (Å²) in [5, 5.41) is 6.95. The molecule has 3 rings (SSSR count). The number of rotatable bonds is 3. The predicted octanol–water partition coefficient (Wildman–Crippen LogP) is 1.69. The molecule has 0 saturated carbocycles. The summed E-state index contributed by atoms with van der Waals surface area (Å²) in [5.74, 6) is 0.0194. The van der Waals surface area contributed by atoms with E-state index in [1.165, 1.54) is 4.88 Å². The molecule has 2 aliphatic heterocycles. The summed E-state index contributed by atoms with van der Waals surface area (Å²) in [6, 6.07) is 0. The fourth-order valence-corrected chi connectivity index (χ4v) is 3.52. The van der Waals surface area contributed by atoms with Crippen molar-refractivity contribution in [3.8, 4) is 0 Å². The smallest absolute Gasteiger partial charge is 0.228 e. The number of anilines is 1. The maximum Gasteiger partial charge on any atom is 0.228 e. The number of nitrogens with one attached hydrogen (secondary N) is 2. The van der Waals surface area contributed by atoms with E-state index in [1.807, 2.05) is 0 Å². The summed E-state index contributed by atoms with van der Waals surface area (Å²) < 4.78 is 5.58. The highest BCUT2D eigenvalue weighted by Gasteiger charge is 2.20. The van der Waals surface area contributed by atoms with Gasteiger partial charge in [0, 0.05) is 31.0 Å². The van der Waals surface area contributed by atoms with Gasteiger partial charge in [-0.2, -0.15) is 0 Å². The van der Waals surface area contributed by atoms with Gasteiger partial charge in [-0.15, -0.1) is 11.3 Å². The Morgan fingerprint density at radius 3 is 3.26 bits per heavy atom. The van der Waals surface area contributed by atoms with Gasteiger partial charge in [-0.05, 0) is 19.3 Å². The Morgan fingerprint density at radius 1 is 1.53 bits per heavy atom. The Morgan fingerprint density at radius 2 is 2.47 bits per heavy atom. The first-order chi connectivity index (χ1) is 9.31. The molecule has 1 saturated heterocycles. The first-order valence-electron chi connectivity index (χ1n) is 6.92. The summed E-state index contributed by atoms with van der Waals surface area (Å²) in [7, 11) is 0. The van der Waals surface area contributed by atoms with Crippen LogP contribution in [-0.4, -0.2) is 30.1 Å². The average Bonchev–Trinajstić information content (AvgIpc) is 2.81. The molecule has 1 aromatic heterocycles. The summed E-state index contributed by atoms with van der Waals surface area (Å²) in [6.45, 7) is 2.63. The molecule has 0 bridgehead atoms. The Kier molecular flexibility index (Phi) is 4.10. The standard InChI is InChI=1S/C13H19N3O2S/c17-12(7-9-3-1-2-6-18-9)16-13-15-10-4-5-14-8-11(10)19-13/h9,14H,1-8H2,(H,15,16,17). The van der Waals surface area contributed by atoms with Crippen molar-refractivity contribution in [2.75, 3.05) is 18.5 Å². The van der Waals surface area contributed by atoms with Crippen LogP contribution in [0.15, 0.2) is 0 Å². The van der Waals surface area contributed by atoms with E-state index in [1.54, 1.807) is 11.3 Å². The lowest BCUT2D eigenvalue weighted by Gasteiger charge is -2.21. The average molecular weight is 281 g/mol. The second kappa shape index (κ2) is 5.98. The van der Waals surface area contributed by atoms with Crippen LogP contribution in [0.5, 0.6) is 0 Å². The van der Waals surface area contributed by atoms with Gasteiger partial charge < -0.3 is 15.4 Å². The van der Waals surface area contributed by atoms with Gasteiger partial charge in [0.1, 0.15) is 0 Å². The van der Waals surface area contributed by atoms with E-state index in [2.05, 4.69) is 15.6 Å². The molecule has 1 unspecified atom stereocenters. The minimum absolute atomic E-state index is 0.0194. The van der Waals surface area contributed by atoms with Gasteiger partial charge in [0.2, 0.25) is 5.91 Å². The highest BCUT2D eigenvalue weighted by Crippen LogP contribution is 2.25. The largest absolute Gasteiger partial charge is 0.378 e. The third kappa shape index (κ3) is 3.32. The number of amides is 1. The van der Waals surface area contributed by atoms with Gasteiger partial charge in [0.25, 0.3) is 0 Å². The SMILES string of the molecule is O=C(CC1CCCCO1)Nc1nc2c(s1)CNCC2. The van der Waals surface area contributed by atoms with E-state index in [0.717, 1.165) is 56.2 Å². The zero-order chi connectivity index (χ0) is 13.1. The third-order valence-electron chi connectivity index (χ3n) is 3.54. The molecule has 1 aromatic rings. The van der Waals surface area contributed by atoms with Crippen molar-refractivity contribution in [2.24, 2.45) is 0 Å². The maximum absolute atomic E-state index is 12.0. The van der Waals surface area contributed by atoms with Crippen LogP contribution in [-0.2, 0) is 22.5 Å².